The molecule has 0 saturated carbocycles. The molecular weight excluding hydrogens is 270 g/mol. The fraction of sp³-hybridized carbons (Fsp3) is 0.333. The number of carboxylic acid groups (broad SMARTS) is 1. The van der Waals surface area contributed by atoms with Crippen LogP contribution in [0.15, 0.2) is 29.2 Å². The highest BCUT2D eigenvalue weighted by Crippen LogP contribution is 2.22. The number of carbonyl (C=O) groups excluding carboxylic acids is 1. The van der Waals surface area contributed by atoms with E-state index in [4.69, 9.17) is 5.11 Å². The average Bonchev–Trinajstić information content (AvgIpc) is 2.38. The molecule has 1 atom stereocenters. The van der Waals surface area contributed by atoms with E-state index in [1.807, 2.05) is 0 Å². The molecule has 0 bridgehead atoms. The molecule has 0 aromatic heterocycles. The molecule has 19 heavy (non-hydrogen) atoms. The lowest BCUT2D eigenvalue weighted by atomic mass is 10.1. The van der Waals surface area contributed by atoms with Crippen LogP contribution in [0.2, 0.25) is 0 Å². The number of rotatable bonds is 5. The van der Waals surface area contributed by atoms with Gasteiger partial charge in [-0.1, -0.05) is 19.1 Å². The molecule has 0 heterocycles. The van der Waals surface area contributed by atoms with Gasteiger partial charge in [0, 0.05) is 0 Å². The Labute approximate surface area is 111 Å². The molecule has 0 saturated heterocycles. The Balaban J connectivity index is 3.10. The third-order valence-corrected chi connectivity index (χ3v) is 4.41. The second kappa shape index (κ2) is 5.83. The van der Waals surface area contributed by atoms with E-state index in [2.05, 4.69) is 5.32 Å². The highest BCUT2D eigenvalue weighted by molar-refractivity contribution is 7.91. The van der Waals surface area contributed by atoms with Crippen molar-refractivity contribution in [3.05, 3.63) is 24.3 Å². The maximum Gasteiger partial charge on any atom is 0.315 e. The molecule has 2 N–H and O–H groups in total. The van der Waals surface area contributed by atoms with Gasteiger partial charge in [-0.05, 0) is 19.1 Å². The van der Waals surface area contributed by atoms with E-state index in [9.17, 15) is 18.0 Å². The Morgan fingerprint density at radius 2 is 1.89 bits per heavy atom. The lowest BCUT2D eigenvalue weighted by molar-refractivity contribution is -0.144. The average molecular weight is 285 g/mol. The van der Waals surface area contributed by atoms with Crippen molar-refractivity contribution in [3.8, 4) is 0 Å². The van der Waals surface area contributed by atoms with Crippen molar-refractivity contribution in [1.82, 2.24) is 0 Å². The highest BCUT2D eigenvalue weighted by atomic mass is 32.2. The molecule has 0 aliphatic heterocycles. The lowest BCUT2D eigenvalue weighted by Gasteiger charge is -2.12. The van der Waals surface area contributed by atoms with Crippen LogP contribution in [0, 0.1) is 5.92 Å². The fourth-order valence-electron chi connectivity index (χ4n) is 1.35. The maximum absolute atomic E-state index is 11.8. The van der Waals surface area contributed by atoms with Gasteiger partial charge in [0.1, 0.15) is 5.92 Å². The number of carbonyl (C=O) groups is 2. The van der Waals surface area contributed by atoms with Crippen molar-refractivity contribution in [2.75, 3.05) is 11.1 Å². The SMILES string of the molecule is CCS(=O)(=O)c1ccccc1NC(=O)C(C)C(=O)O. The van der Waals surface area contributed by atoms with Crippen LogP contribution in [0.3, 0.4) is 0 Å². The quantitative estimate of drug-likeness (QED) is 0.790. The molecule has 7 heteroatoms. The summed E-state index contributed by atoms with van der Waals surface area (Å²) in [5, 5.41) is 11.1. The summed E-state index contributed by atoms with van der Waals surface area (Å²) in [5.41, 5.74) is 0.0995. The van der Waals surface area contributed by atoms with Crippen molar-refractivity contribution in [2.45, 2.75) is 18.7 Å². The van der Waals surface area contributed by atoms with E-state index >= 15 is 0 Å². The molecular formula is C12H15NO5S. The van der Waals surface area contributed by atoms with Gasteiger partial charge in [0.25, 0.3) is 0 Å². The Morgan fingerprint density at radius 1 is 1.32 bits per heavy atom. The first-order valence-corrected chi connectivity index (χ1v) is 7.30. The van der Waals surface area contributed by atoms with E-state index in [0.29, 0.717) is 0 Å². The Morgan fingerprint density at radius 3 is 2.42 bits per heavy atom. The first kappa shape index (κ1) is 15.2. The van der Waals surface area contributed by atoms with Crippen molar-refractivity contribution in [3.63, 3.8) is 0 Å². The Hall–Kier alpha value is -1.89. The van der Waals surface area contributed by atoms with Gasteiger partial charge in [0.05, 0.1) is 16.3 Å². The van der Waals surface area contributed by atoms with Crippen LogP contribution in [0.5, 0.6) is 0 Å². The summed E-state index contributed by atoms with van der Waals surface area (Å²) in [6.45, 7) is 2.72. The molecule has 0 spiro atoms. The van der Waals surface area contributed by atoms with E-state index in [1.54, 1.807) is 12.1 Å². The molecule has 1 aromatic rings. The molecule has 104 valence electrons. The number of carboxylic acids is 1. The summed E-state index contributed by atoms with van der Waals surface area (Å²) in [7, 11) is -3.48. The van der Waals surface area contributed by atoms with E-state index < -0.39 is 27.6 Å². The van der Waals surface area contributed by atoms with Crippen LogP contribution in [0.4, 0.5) is 5.69 Å². The highest BCUT2D eigenvalue weighted by Gasteiger charge is 2.23. The minimum Gasteiger partial charge on any atom is -0.481 e. The van der Waals surface area contributed by atoms with Gasteiger partial charge in [-0.3, -0.25) is 9.59 Å². The molecule has 0 fully saturated rings. The molecule has 1 unspecified atom stereocenters. The van der Waals surface area contributed by atoms with Crippen molar-refractivity contribution in [1.29, 1.82) is 0 Å². The zero-order chi connectivity index (χ0) is 14.6. The van der Waals surface area contributed by atoms with Gasteiger partial charge < -0.3 is 10.4 Å². The predicted octanol–water partition coefficient (Wildman–Crippen LogP) is 1.14. The van der Waals surface area contributed by atoms with Crippen LogP contribution in [0.25, 0.3) is 0 Å². The van der Waals surface area contributed by atoms with Gasteiger partial charge in [0.15, 0.2) is 9.84 Å². The molecule has 1 aromatic carbocycles. The number of anilines is 1. The fourth-order valence-corrected chi connectivity index (χ4v) is 2.40. The van der Waals surface area contributed by atoms with Gasteiger partial charge in [-0.15, -0.1) is 0 Å². The Bertz CT molecular complexity index is 594. The van der Waals surface area contributed by atoms with Crippen LogP contribution in [-0.4, -0.2) is 31.2 Å². The van der Waals surface area contributed by atoms with E-state index in [1.165, 1.54) is 26.0 Å². The van der Waals surface area contributed by atoms with Crippen molar-refractivity contribution >= 4 is 27.4 Å². The normalized spacial score (nSPS) is 12.7. The number of aliphatic carboxylic acids is 1. The number of amides is 1. The third-order valence-electron chi connectivity index (χ3n) is 2.62. The molecule has 0 aliphatic carbocycles. The van der Waals surface area contributed by atoms with Gasteiger partial charge in [-0.2, -0.15) is 0 Å². The third kappa shape index (κ3) is 3.54. The number of hydrogen-bond acceptors (Lipinski definition) is 4. The van der Waals surface area contributed by atoms with Crippen LogP contribution in [-0.2, 0) is 19.4 Å². The number of sulfone groups is 1. The van der Waals surface area contributed by atoms with Crippen LogP contribution >= 0.6 is 0 Å². The molecule has 6 nitrogen and oxygen atoms in total. The summed E-state index contributed by atoms with van der Waals surface area (Å²) < 4.78 is 23.7. The van der Waals surface area contributed by atoms with Crippen LogP contribution < -0.4 is 5.32 Å². The topological polar surface area (TPSA) is 101 Å². The summed E-state index contributed by atoms with van der Waals surface area (Å²) in [4.78, 5) is 22.3. The summed E-state index contributed by atoms with van der Waals surface area (Å²) in [6.07, 6.45) is 0. The predicted molar refractivity (Wildman–Crippen MR) is 69.6 cm³/mol. The minimum atomic E-state index is -3.48. The number of nitrogens with one attached hydrogen (secondary N) is 1. The second-order valence-electron chi connectivity index (χ2n) is 3.95. The minimum absolute atomic E-state index is 0.0107. The van der Waals surface area contributed by atoms with E-state index in [0.717, 1.165) is 0 Å². The zero-order valence-corrected chi connectivity index (χ0v) is 11.4. The Kier molecular flexibility index (Phi) is 4.66. The lowest BCUT2D eigenvalue weighted by Crippen LogP contribution is -2.27. The molecule has 1 amide bonds. The number of hydrogen-bond donors (Lipinski definition) is 2. The summed E-state index contributed by atoms with van der Waals surface area (Å²) in [5.74, 6) is -3.38. The molecule has 1 rings (SSSR count). The second-order valence-corrected chi connectivity index (χ2v) is 6.20. The van der Waals surface area contributed by atoms with Gasteiger partial charge in [0.2, 0.25) is 5.91 Å². The standard InChI is InChI=1S/C12H15NO5S/c1-3-19(17,18)10-7-5-4-6-9(10)13-11(14)8(2)12(15)16/h4-8H,3H2,1-2H3,(H,13,14)(H,15,16). The van der Waals surface area contributed by atoms with Gasteiger partial charge >= 0.3 is 5.97 Å². The monoisotopic (exact) mass is 285 g/mol. The first-order chi connectivity index (χ1) is 8.79. The smallest absolute Gasteiger partial charge is 0.315 e. The molecule has 0 aliphatic rings. The summed E-state index contributed by atoms with van der Waals surface area (Å²) in [6, 6.07) is 5.91. The number of benzene rings is 1. The van der Waals surface area contributed by atoms with Crippen LogP contribution in [0.1, 0.15) is 13.8 Å². The van der Waals surface area contributed by atoms with Crippen molar-refractivity contribution < 1.29 is 23.1 Å². The van der Waals surface area contributed by atoms with Gasteiger partial charge in [-0.25, -0.2) is 8.42 Å². The number of para-hydroxylation sites is 1. The maximum atomic E-state index is 11.8. The molecule has 0 radical (unpaired) electrons. The summed E-state index contributed by atoms with van der Waals surface area (Å²) >= 11 is 0. The zero-order valence-electron chi connectivity index (χ0n) is 10.6. The van der Waals surface area contributed by atoms with E-state index in [-0.39, 0.29) is 16.3 Å². The first-order valence-electron chi connectivity index (χ1n) is 5.65. The van der Waals surface area contributed by atoms with Crippen molar-refractivity contribution in [2.24, 2.45) is 5.92 Å². The largest absolute Gasteiger partial charge is 0.481 e.